The normalized spacial score (nSPS) is 24.3. The highest BCUT2D eigenvalue weighted by atomic mass is 16.6. The first-order valence-electron chi connectivity index (χ1n) is 9.45. The first-order valence-corrected chi connectivity index (χ1v) is 9.45. The second-order valence-corrected chi connectivity index (χ2v) is 8.53. The number of carbonyl (C=O) groups excluding carboxylic acids is 2. The number of nitrogens with one attached hydrogen (secondary N) is 1. The molecule has 1 fully saturated rings. The molecule has 0 bridgehead atoms. The maximum atomic E-state index is 13.2. The van der Waals surface area contributed by atoms with Crippen molar-refractivity contribution in [2.24, 2.45) is 11.8 Å². The summed E-state index contributed by atoms with van der Waals surface area (Å²) in [5.41, 5.74) is 0.108. The monoisotopic (exact) mass is 373 g/mol. The Hall–Kier alpha value is -2.21. The van der Waals surface area contributed by atoms with Crippen molar-refractivity contribution in [3.8, 4) is 0 Å². The molecule has 0 aromatic heterocycles. The second-order valence-electron chi connectivity index (χ2n) is 8.53. The van der Waals surface area contributed by atoms with Crippen LogP contribution in [0.15, 0.2) is 24.3 Å². The van der Waals surface area contributed by atoms with Crippen molar-refractivity contribution in [2.75, 3.05) is 13.1 Å². The van der Waals surface area contributed by atoms with Crippen LogP contribution in [0.25, 0.3) is 0 Å². The SMILES string of the molecule is CC(C)(C)OC(=O)C1C(CC(=O)O)C(=O)c2ccccc2C12CCNCC2. The zero-order valence-corrected chi connectivity index (χ0v) is 16.1. The van der Waals surface area contributed by atoms with Crippen LogP contribution in [0.3, 0.4) is 0 Å². The van der Waals surface area contributed by atoms with Crippen molar-refractivity contribution in [2.45, 2.75) is 51.0 Å². The summed E-state index contributed by atoms with van der Waals surface area (Å²) in [5, 5.41) is 12.7. The van der Waals surface area contributed by atoms with Crippen molar-refractivity contribution in [1.82, 2.24) is 5.32 Å². The molecule has 2 aliphatic rings. The molecule has 146 valence electrons. The van der Waals surface area contributed by atoms with E-state index >= 15 is 0 Å². The van der Waals surface area contributed by atoms with E-state index in [0.29, 0.717) is 31.5 Å². The summed E-state index contributed by atoms with van der Waals surface area (Å²) in [4.78, 5) is 38.0. The largest absolute Gasteiger partial charge is 0.481 e. The number of ether oxygens (including phenoxy) is 1. The minimum Gasteiger partial charge on any atom is -0.481 e. The third kappa shape index (κ3) is 3.63. The van der Waals surface area contributed by atoms with Gasteiger partial charge in [0.15, 0.2) is 5.78 Å². The Morgan fingerprint density at radius 3 is 2.44 bits per heavy atom. The molecule has 0 radical (unpaired) electrons. The van der Waals surface area contributed by atoms with Crippen LogP contribution in [-0.4, -0.2) is 41.5 Å². The van der Waals surface area contributed by atoms with Crippen molar-refractivity contribution in [1.29, 1.82) is 0 Å². The topological polar surface area (TPSA) is 92.7 Å². The Bertz CT molecular complexity index is 758. The quantitative estimate of drug-likeness (QED) is 0.791. The fourth-order valence-corrected chi connectivity index (χ4v) is 4.64. The van der Waals surface area contributed by atoms with E-state index < -0.39 is 34.8 Å². The molecule has 1 saturated heterocycles. The average molecular weight is 373 g/mol. The number of hydrogen-bond donors (Lipinski definition) is 2. The van der Waals surface area contributed by atoms with E-state index in [9.17, 15) is 19.5 Å². The molecule has 3 rings (SSSR count). The van der Waals surface area contributed by atoms with Crippen LogP contribution in [0.1, 0.15) is 56.0 Å². The maximum Gasteiger partial charge on any atom is 0.311 e. The van der Waals surface area contributed by atoms with Crippen molar-refractivity contribution in [3.63, 3.8) is 0 Å². The Balaban J connectivity index is 2.17. The van der Waals surface area contributed by atoms with Gasteiger partial charge in [0.05, 0.1) is 12.3 Å². The van der Waals surface area contributed by atoms with E-state index in [4.69, 9.17) is 4.74 Å². The first kappa shape index (κ1) is 19.5. The van der Waals surface area contributed by atoms with Crippen LogP contribution >= 0.6 is 0 Å². The summed E-state index contributed by atoms with van der Waals surface area (Å²) in [6.45, 7) is 6.77. The molecule has 2 N–H and O–H groups in total. The van der Waals surface area contributed by atoms with Gasteiger partial charge in [-0.05, 0) is 52.3 Å². The Labute approximate surface area is 159 Å². The number of ketones is 1. The van der Waals surface area contributed by atoms with Crippen LogP contribution in [-0.2, 0) is 19.7 Å². The lowest BCUT2D eigenvalue weighted by Crippen LogP contribution is -2.56. The van der Waals surface area contributed by atoms with Gasteiger partial charge in [-0.3, -0.25) is 14.4 Å². The number of fused-ring (bicyclic) bond motifs is 2. The molecule has 1 aromatic rings. The van der Waals surface area contributed by atoms with Gasteiger partial charge >= 0.3 is 11.9 Å². The van der Waals surface area contributed by atoms with E-state index in [1.165, 1.54) is 0 Å². The highest BCUT2D eigenvalue weighted by Gasteiger charge is 2.56. The summed E-state index contributed by atoms with van der Waals surface area (Å²) in [6.07, 6.45) is 0.959. The predicted molar refractivity (Wildman–Crippen MR) is 99.6 cm³/mol. The fourth-order valence-electron chi connectivity index (χ4n) is 4.64. The lowest BCUT2D eigenvalue weighted by Gasteiger charge is -2.49. The maximum absolute atomic E-state index is 13.2. The molecular formula is C21H27NO5. The van der Waals surface area contributed by atoms with Crippen molar-refractivity contribution < 1.29 is 24.2 Å². The summed E-state index contributed by atoms with van der Waals surface area (Å²) in [5.74, 6) is -3.53. The number of Topliss-reactive ketones (excluding diaryl/α,β-unsaturated/α-hetero) is 1. The number of carbonyl (C=O) groups is 3. The minimum absolute atomic E-state index is 0.270. The van der Waals surface area contributed by atoms with Gasteiger partial charge in [-0.15, -0.1) is 0 Å². The van der Waals surface area contributed by atoms with Crippen LogP contribution in [0.4, 0.5) is 0 Å². The standard InChI is InChI=1S/C21H27NO5/c1-20(2,3)27-19(26)17-14(12-16(23)24)18(25)13-6-4-5-7-15(13)21(17)8-10-22-11-9-21/h4-7,14,17,22H,8-12H2,1-3H3,(H,23,24). The van der Waals surface area contributed by atoms with Gasteiger partial charge in [0, 0.05) is 16.9 Å². The molecule has 1 aliphatic carbocycles. The number of carboxylic acids is 1. The lowest BCUT2D eigenvalue weighted by molar-refractivity contribution is -0.166. The van der Waals surface area contributed by atoms with Crippen LogP contribution < -0.4 is 5.32 Å². The average Bonchev–Trinajstić information content (AvgIpc) is 2.58. The van der Waals surface area contributed by atoms with E-state index in [1.54, 1.807) is 32.9 Å². The first-order chi connectivity index (χ1) is 12.7. The minimum atomic E-state index is -1.08. The second kappa shape index (κ2) is 7.08. The van der Waals surface area contributed by atoms with Gasteiger partial charge in [0.2, 0.25) is 0 Å². The third-order valence-electron chi connectivity index (χ3n) is 5.61. The Morgan fingerprint density at radius 2 is 1.85 bits per heavy atom. The number of piperidine rings is 1. The number of benzene rings is 1. The molecule has 2 atom stereocenters. The molecule has 6 heteroatoms. The summed E-state index contributed by atoms with van der Waals surface area (Å²) >= 11 is 0. The van der Waals surface area contributed by atoms with Gasteiger partial charge in [0.25, 0.3) is 0 Å². The summed E-state index contributed by atoms with van der Waals surface area (Å²) < 4.78 is 5.68. The van der Waals surface area contributed by atoms with E-state index in [1.807, 2.05) is 12.1 Å². The number of hydrogen-bond acceptors (Lipinski definition) is 5. The van der Waals surface area contributed by atoms with E-state index in [-0.39, 0.29) is 12.2 Å². The molecule has 0 saturated carbocycles. The van der Waals surface area contributed by atoms with E-state index in [0.717, 1.165) is 5.56 Å². The van der Waals surface area contributed by atoms with Crippen LogP contribution in [0, 0.1) is 11.8 Å². The van der Waals surface area contributed by atoms with Crippen LogP contribution in [0.2, 0.25) is 0 Å². The predicted octanol–water partition coefficient (Wildman–Crippen LogP) is 2.55. The van der Waals surface area contributed by atoms with Gasteiger partial charge in [-0.1, -0.05) is 24.3 Å². The zero-order valence-electron chi connectivity index (χ0n) is 16.1. The van der Waals surface area contributed by atoms with Crippen molar-refractivity contribution >= 4 is 17.7 Å². The molecule has 27 heavy (non-hydrogen) atoms. The van der Waals surface area contributed by atoms with Gasteiger partial charge in [-0.2, -0.15) is 0 Å². The third-order valence-corrected chi connectivity index (χ3v) is 5.61. The number of aliphatic carboxylic acids is 1. The molecule has 0 amide bonds. The fraction of sp³-hybridized carbons (Fsp3) is 0.571. The van der Waals surface area contributed by atoms with Gasteiger partial charge in [-0.25, -0.2) is 0 Å². The van der Waals surface area contributed by atoms with E-state index in [2.05, 4.69) is 5.32 Å². The molecule has 1 heterocycles. The summed E-state index contributed by atoms with van der Waals surface area (Å²) in [7, 11) is 0. The molecular weight excluding hydrogens is 346 g/mol. The van der Waals surface area contributed by atoms with Crippen molar-refractivity contribution in [3.05, 3.63) is 35.4 Å². The summed E-state index contributed by atoms with van der Waals surface area (Å²) in [6, 6.07) is 7.32. The molecule has 2 unspecified atom stereocenters. The number of esters is 1. The Morgan fingerprint density at radius 1 is 1.22 bits per heavy atom. The van der Waals surface area contributed by atoms with Gasteiger partial charge < -0.3 is 15.2 Å². The lowest BCUT2D eigenvalue weighted by atomic mass is 9.54. The molecule has 1 spiro atoms. The smallest absolute Gasteiger partial charge is 0.311 e. The van der Waals surface area contributed by atoms with Crippen LogP contribution in [0.5, 0.6) is 0 Å². The highest BCUT2D eigenvalue weighted by Crippen LogP contribution is 2.51. The molecule has 1 aromatic carbocycles. The van der Waals surface area contributed by atoms with Gasteiger partial charge in [0.1, 0.15) is 5.60 Å². The molecule has 1 aliphatic heterocycles. The zero-order chi connectivity index (χ0) is 19.8. The Kier molecular flexibility index (Phi) is 5.12. The number of rotatable bonds is 3. The molecule has 6 nitrogen and oxygen atoms in total. The number of carboxylic acid groups (broad SMARTS) is 1. The highest BCUT2D eigenvalue weighted by molar-refractivity contribution is 6.05.